The third-order valence-corrected chi connectivity index (χ3v) is 6.94. The van der Waals surface area contributed by atoms with Gasteiger partial charge in [-0.05, 0) is 106 Å². The van der Waals surface area contributed by atoms with E-state index in [0.717, 1.165) is 37.5 Å². The number of hydrogen-bond donors (Lipinski definition) is 2. The zero-order valence-corrected chi connectivity index (χ0v) is 19.1. The fourth-order valence-corrected chi connectivity index (χ4v) is 5.14. The highest BCUT2D eigenvalue weighted by Gasteiger charge is 2.27. The summed E-state index contributed by atoms with van der Waals surface area (Å²) in [6.45, 7) is 0. The highest BCUT2D eigenvalue weighted by molar-refractivity contribution is 5.92. The topological polar surface area (TPSA) is 84.5 Å². The maximum Gasteiger partial charge on any atom is 0.244 e. The van der Waals surface area contributed by atoms with Gasteiger partial charge in [0.2, 0.25) is 11.8 Å². The van der Waals surface area contributed by atoms with Crippen LogP contribution in [0, 0.1) is 11.8 Å². The van der Waals surface area contributed by atoms with Gasteiger partial charge in [0, 0.05) is 24.2 Å². The molecule has 2 aliphatic rings. The van der Waals surface area contributed by atoms with E-state index in [1.807, 2.05) is 24.3 Å². The zero-order valence-electron chi connectivity index (χ0n) is 19.1. The molecule has 2 fully saturated rings. The number of carbonyl (C=O) groups is 2. The minimum Gasteiger partial charge on any atom is -0.465 e. The maximum absolute atomic E-state index is 12.1. The Labute approximate surface area is 195 Å². The van der Waals surface area contributed by atoms with Crippen LogP contribution in [0.15, 0.2) is 57.8 Å². The van der Waals surface area contributed by atoms with Crippen LogP contribution in [0.5, 0.6) is 0 Å². The molecule has 6 nitrogen and oxygen atoms in total. The van der Waals surface area contributed by atoms with Crippen LogP contribution in [0.1, 0.15) is 69.3 Å². The summed E-state index contributed by atoms with van der Waals surface area (Å²) < 4.78 is 10.4. The number of carbonyl (C=O) groups excluding carboxylic acids is 2. The summed E-state index contributed by atoms with van der Waals surface area (Å²) >= 11 is 0. The molecular formula is C27H34N2O4. The first kappa shape index (κ1) is 23.1. The standard InChI is InChI=1S/C27H34N2O4/c30-26(15-13-24-3-1-17-32-24)28-22-9-5-20(6-10-22)19-21-7-11-23(12-8-21)29-27(31)16-14-25-4-2-18-33-25/h1-4,13-18,20-23H,5-12,19H2,(H,28,30)(H,29,31)/b15-13+,16-14+. The Morgan fingerprint density at radius 3 is 1.52 bits per heavy atom. The van der Waals surface area contributed by atoms with Crippen molar-refractivity contribution in [1.29, 1.82) is 0 Å². The minimum absolute atomic E-state index is 0.0470. The molecule has 0 saturated heterocycles. The second-order valence-electron chi connectivity index (χ2n) is 9.39. The first-order valence-electron chi connectivity index (χ1n) is 12.2. The molecular weight excluding hydrogens is 416 g/mol. The summed E-state index contributed by atoms with van der Waals surface area (Å²) in [5.41, 5.74) is 0. The van der Waals surface area contributed by atoms with Crippen molar-refractivity contribution in [2.24, 2.45) is 11.8 Å². The molecule has 2 aliphatic carbocycles. The largest absolute Gasteiger partial charge is 0.465 e. The van der Waals surface area contributed by atoms with Crippen LogP contribution in [0.3, 0.4) is 0 Å². The molecule has 2 heterocycles. The second kappa shape index (κ2) is 11.7. The lowest BCUT2D eigenvalue weighted by molar-refractivity contribution is -0.118. The van der Waals surface area contributed by atoms with E-state index in [9.17, 15) is 9.59 Å². The van der Waals surface area contributed by atoms with E-state index in [4.69, 9.17) is 8.83 Å². The molecule has 0 aromatic carbocycles. The van der Waals surface area contributed by atoms with Crippen molar-refractivity contribution in [2.75, 3.05) is 0 Å². The van der Waals surface area contributed by atoms with Crippen LogP contribution in [0.4, 0.5) is 0 Å². The molecule has 0 spiro atoms. The predicted molar refractivity (Wildman–Crippen MR) is 128 cm³/mol. The molecule has 0 atom stereocenters. The Hall–Kier alpha value is -3.02. The van der Waals surface area contributed by atoms with Crippen molar-refractivity contribution in [3.63, 3.8) is 0 Å². The van der Waals surface area contributed by atoms with Gasteiger partial charge in [0.1, 0.15) is 11.5 Å². The molecule has 0 bridgehead atoms. The average molecular weight is 451 g/mol. The zero-order chi connectivity index (χ0) is 22.9. The van der Waals surface area contributed by atoms with Gasteiger partial charge in [-0.15, -0.1) is 0 Å². The molecule has 4 rings (SSSR count). The van der Waals surface area contributed by atoms with Crippen molar-refractivity contribution in [2.45, 2.75) is 69.9 Å². The number of rotatable bonds is 8. The van der Waals surface area contributed by atoms with Gasteiger partial charge in [-0.3, -0.25) is 9.59 Å². The van der Waals surface area contributed by atoms with E-state index in [-0.39, 0.29) is 23.9 Å². The lowest BCUT2D eigenvalue weighted by Gasteiger charge is -2.34. The van der Waals surface area contributed by atoms with E-state index in [2.05, 4.69) is 10.6 Å². The van der Waals surface area contributed by atoms with Crippen LogP contribution >= 0.6 is 0 Å². The molecule has 2 N–H and O–H groups in total. The van der Waals surface area contributed by atoms with Crippen molar-refractivity contribution in [1.82, 2.24) is 10.6 Å². The Bertz CT molecular complexity index is 837. The highest BCUT2D eigenvalue weighted by Crippen LogP contribution is 2.35. The molecule has 2 aromatic rings. The molecule has 0 aliphatic heterocycles. The third kappa shape index (κ3) is 7.52. The molecule has 0 unspecified atom stereocenters. The summed E-state index contributed by atoms with van der Waals surface area (Å²) in [6.07, 6.45) is 19.9. The summed E-state index contributed by atoms with van der Waals surface area (Å²) in [6, 6.07) is 7.82. The van der Waals surface area contributed by atoms with Gasteiger partial charge in [0.05, 0.1) is 12.5 Å². The van der Waals surface area contributed by atoms with Gasteiger partial charge in [0.25, 0.3) is 0 Å². The van der Waals surface area contributed by atoms with E-state index in [1.54, 1.807) is 36.8 Å². The van der Waals surface area contributed by atoms with Gasteiger partial charge in [-0.25, -0.2) is 0 Å². The summed E-state index contributed by atoms with van der Waals surface area (Å²) in [5.74, 6) is 2.79. The molecule has 0 radical (unpaired) electrons. The minimum atomic E-state index is -0.0470. The molecule has 33 heavy (non-hydrogen) atoms. The Balaban J connectivity index is 1.10. The lowest BCUT2D eigenvalue weighted by atomic mass is 9.75. The third-order valence-electron chi connectivity index (χ3n) is 6.94. The highest BCUT2D eigenvalue weighted by atomic mass is 16.3. The Morgan fingerprint density at radius 2 is 1.15 bits per heavy atom. The number of hydrogen-bond acceptors (Lipinski definition) is 4. The van der Waals surface area contributed by atoms with Crippen molar-refractivity contribution >= 4 is 24.0 Å². The van der Waals surface area contributed by atoms with Gasteiger partial charge in [0.15, 0.2) is 0 Å². The first-order valence-corrected chi connectivity index (χ1v) is 12.2. The van der Waals surface area contributed by atoms with Crippen molar-refractivity contribution in [3.8, 4) is 0 Å². The van der Waals surface area contributed by atoms with Gasteiger partial charge in [-0.1, -0.05) is 0 Å². The fraction of sp³-hybridized carbons (Fsp3) is 0.481. The van der Waals surface area contributed by atoms with Crippen LogP contribution < -0.4 is 10.6 Å². The summed E-state index contributed by atoms with van der Waals surface area (Å²) in [5, 5.41) is 6.26. The van der Waals surface area contributed by atoms with Crippen LogP contribution in [-0.2, 0) is 9.59 Å². The van der Waals surface area contributed by atoms with E-state index in [1.165, 1.54) is 32.1 Å². The number of amides is 2. The fourth-order valence-electron chi connectivity index (χ4n) is 5.14. The van der Waals surface area contributed by atoms with Gasteiger partial charge in [-0.2, -0.15) is 0 Å². The Morgan fingerprint density at radius 1 is 0.727 bits per heavy atom. The smallest absolute Gasteiger partial charge is 0.244 e. The maximum atomic E-state index is 12.1. The van der Waals surface area contributed by atoms with Gasteiger partial charge < -0.3 is 19.5 Å². The van der Waals surface area contributed by atoms with Crippen LogP contribution in [0.25, 0.3) is 12.2 Å². The summed E-state index contributed by atoms with van der Waals surface area (Å²) in [7, 11) is 0. The van der Waals surface area contributed by atoms with E-state index in [0.29, 0.717) is 11.5 Å². The SMILES string of the molecule is O=C(/C=C/c1ccco1)NC1CCC(CC2CCC(NC(=O)/C=C/c3ccco3)CC2)CC1. The number of furan rings is 2. The lowest BCUT2D eigenvalue weighted by Crippen LogP contribution is -2.38. The normalized spacial score (nSPS) is 25.9. The number of nitrogens with one attached hydrogen (secondary N) is 2. The van der Waals surface area contributed by atoms with Gasteiger partial charge >= 0.3 is 0 Å². The second-order valence-corrected chi connectivity index (χ2v) is 9.39. The van der Waals surface area contributed by atoms with Crippen LogP contribution in [-0.4, -0.2) is 23.9 Å². The quantitative estimate of drug-likeness (QED) is 0.532. The van der Waals surface area contributed by atoms with Crippen molar-refractivity contribution in [3.05, 3.63) is 60.5 Å². The molecule has 2 amide bonds. The first-order chi connectivity index (χ1) is 16.1. The molecule has 2 saturated carbocycles. The predicted octanol–water partition coefficient (Wildman–Crippen LogP) is 5.34. The monoisotopic (exact) mass is 450 g/mol. The molecule has 176 valence electrons. The summed E-state index contributed by atoms with van der Waals surface area (Å²) in [4.78, 5) is 24.3. The van der Waals surface area contributed by atoms with E-state index < -0.39 is 0 Å². The molecule has 6 heteroatoms. The average Bonchev–Trinajstić information content (AvgIpc) is 3.53. The van der Waals surface area contributed by atoms with E-state index >= 15 is 0 Å². The van der Waals surface area contributed by atoms with Crippen molar-refractivity contribution < 1.29 is 18.4 Å². The van der Waals surface area contributed by atoms with Crippen LogP contribution in [0.2, 0.25) is 0 Å². The Kier molecular flexibility index (Phi) is 8.23. The molecule has 2 aromatic heterocycles.